The molecule has 3 aromatic heterocycles. The molecule has 25 heteroatoms. The molecule has 0 spiro atoms. The number of piperidine rings is 2. The molecule has 22 nitrogen and oxygen atoms in total. The predicted octanol–water partition coefficient (Wildman–Crippen LogP) is 4.26. The van der Waals surface area contributed by atoms with E-state index in [1.807, 2.05) is 28.2 Å². The largest absolute Gasteiger partial charge is 0.468 e. The number of halogens is 3. The Labute approximate surface area is 470 Å². The highest BCUT2D eigenvalue weighted by Crippen LogP contribution is 2.70. The maximum absolute atomic E-state index is 16.2. The number of fused-ring (bicyclic) bond motifs is 4. The van der Waals surface area contributed by atoms with Gasteiger partial charge in [-0.1, -0.05) is 49.5 Å². The highest BCUT2D eigenvalue weighted by Gasteiger charge is 2.78. The number of quaternary nitrogens is 1. The van der Waals surface area contributed by atoms with Gasteiger partial charge in [-0.3, -0.25) is 38.5 Å². The highest BCUT2D eigenvalue weighted by atomic mass is 19.3. The maximum Gasteiger partial charge on any atom is 0.340 e. The minimum atomic E-state index is -2.74. The van der Waals surface area contributed by atoms with Gasteiger partial charge < -0.3 is 35.9 Å². The second-order valence-corrected chi connectivity index (χ2v) is 23.0. The van der Waals surface area contributed by atoms with Gasteiger partial charge in [0.05, 0.1) is 49.7 Å². The van der Waals surface area contributed by atoms with E-state index in [-0.39, 0.29) is 90.8 Å². The Bertz CT molecular complexity index is 3370. The number of esters is 1. The Morgan fingerprint density at radius 2 is 1.61 bits per heavy atom. The first-order chi connectivity index (χ1) is 39.5. The molecular formula is C57H70F3N14O8+. The molecule has 2 unspecified atom stereocenters. The molecule has 2 aliphatic carbocycles. The van der Waals surface area contributed by atoms with Crippen LogP contribution < -0.4 is 31.3 Å². The van der Waals surface area contributed by atoms with Crippen LogP contribution in [0.2, 0.25) is 0 Å². The summed E-state index contributed by atoms with van der Waals surface area (Å²) in [5, 5.41) is 30.7. The van der Waals surface area contributed by atoms with Gasteiger partial charge in [-0.15, -0.1) is 9.69 Å². The van der Waals surface area contributed by atoms with Gasteiger partial charge in [0.25, 0.3) is 11.8 Å². The number of nitrogens with one attached hydrogen (secondary N) is 6. The number of amides is 6. The summed E-state index contributed by atoms with van der Waals surface area (Å²) in [4.78, 5) is 94.6. The molecule has 2 atom stereocenters. The Hall–Kier alpha value is -7.67. The van der Waals surface area contributed by atoms with Crippen LogP contribution in [-0.4, -0.2) is 153 Å². The lowest BCUT2D eigenvalue weighted by atomic mass is 9.87. The van der Waals surface area contributed by atoms with E-state index in [9.17, 15) is 42.3 Å². The quantitative estimate of drug-likeness (QED) is 0.0342. The van der Waals surface area contributed by atoms with Crippen molar-refractivity contribution in [2.45, 2.75) is 128 Å². The average Bonchev–Trinajstić information content (AvgIpc) is 1.98. The fourth-order valence-corrected chi connectivity index (χ4v) is 13.1. The third kappa shape index (κ3) is 10.8. The van der Waals surface area contributed by atoms with Crippen molar-refractivity contribution in [2.24, 2.45) is 11.3 Å². The zero-order valence-electron chi connectivity index (χ0n) is 46.2. The molecular weight excluding hydrogens is 1070 g/mol. The van der Waals surface area contributed by atoms with Crippen LogP contribution in [0.25, 0.3) is 32.9 Å². The third-order valence-corrected chi connectivity index (χ3v) is 18.0. The van der Waals surface area contributed by atoms with Crippen molar-refractivity contribution in [3.63, 3.8) is 0 Å². The van der Waals surface area contributed by atoms with Gasteiger partial charge in [0.1, 0.15) is 37.5 Å². The number of rotatable bonds is 21. The summed E-state index contributed by atoms with van der Waals surface area (Å²) in [7, 11) is 1.20. The number of nitrogens with zero attached hydrogens (tertiary/aromatic N) is 8. The molecule has 6 N–H and O–H groups in total. The summed E-state index contributed by atoms with van der Waals surface area (Å²) < 4.78 is 51.0. The summed E-state index contributed by atoms with van der Waals surface area (Å²) in [6.45, 7) is 3.51. The normalized spacial score (nSPS) is 22.3. The highest BCUT2D eigenvalue weighted by molar-refractivity contribution is 6.01. The van der Waals surface area contributed by atoms with Gasteiger partial charge >= 0.3 is 11.9 Å². The zero-order chi connectivity index (χ0) is 57.5. The summed E-state index contributed by atoms with van der Waals surface area (Å²) >= 11 is 0. The van der Waals surface area contributed by atoms with E-state index in [1.54, 1.807) is 34.7 Å². The van der Waals surface area contributed by atoms with Crippen molar-refractivity contribution in [3.8, 4) is 11.1 Å². The molecule has 436 valence electrons. The summed E-state index contributed by atoms with van der Waals surface area (Å²) in [5.74, 6) is -6.53. The smallest absolute Gasteiger partial charge is 0.340 e. The van der Waals surface area contributed by atoms with E-state index in [4.69, 9.17) is 10.2 Å². The zero-order valence-corrected chi connectivity index (χ0v) is 46.2. The van der Waals surface area contributed by atoms with Gasteiger partial charge in [-0.2, -0.15) is 10.2 Å². The molecule has 4 bridgehead atoms. The van der Waals surface area contributed by atoms with Crippen LogP contribution in [0.1, 0.15) is 124 Å². The van der Waals surface area contributed by atoms with Gasteiger partial charge in [0, 0.05) is 109 Å². The van der Waals surface area contributed by atoms with Crippen LogP contribution >= 0.6 is 0 Å². The number of aromatic amines is 1. The number of alkyl halides is 2. The molecule has 5 aromatic rings. The third-order valence-electron chi connectivity index (χ3n) is 18.0. The number of H-pyrrole nitrogens is 1. The van der Waals surface area contributed by atoms with E-state index in [2.05, 4.69) is 41.6 Å². The van der Waals surface area contributed by atoms with Crippen molar-refractivity contribution in [1.82, 2.24) is 71.1 Å². The molecule has 82 heavy (non-hydrogen) atoms. The molecule has 7 aliphatic rings. The Morgan fingerprint density at radius 1 is 0.854 bits per heavy atom. The maximum atomic E-state index is 16.2. The first kappa shape index (κ1) is 56.2. The topological polar surface area (TPSA) is 260 Å². The van der Waals surface area contributed by atoms with Crippen molar-refractivity contribution >= 4 is 63.2 Å². The van der Waals surface area contributed by atoms with E-state index in [0.717, 1.165) is 51.4 Å². The van der Waals surface area contributed by atoms with Crippen molar-refractivity contribution < 1.29 is 51.5 Å². The molecule has 8 heterocycles. The number of hydrogen-bond donors (Lipinski definition) is 6. The number of likely N-dealkylation sites (tertiary alicyclic amines) is 1. The molecule has 2 aromatic carbocycles. The first-order valence-electron chi connectivity index (χ1n) is 28.7. The van der Waals surface area contributed by atoms with Gasteiger partial charge in [0.2, 0.25) is 23.6 Å². The second-order valence-electron chi connectivity index (χ2n) is 23.0. The summed E-state index contributed by atoms with van der Waals surface area (Å²) in [6.07, 6.45) is 12.1. The standard InChI is InChI=1S/C57H69F3N14O8/c1-56-27-42-40(26-45(56)57(56,59)60)54(68-67-42)55(81)66-36-29-64-71(32-36)37-15-20-70(21-16-37)49(78)12-7-5-3-4-6-8-19-61-46(75)13-14-50(79)74-22-17-34(18-23-74)53-52-38(39-25-44-35(24-41(39)58)28-65-73(44)74)10-9-11-43(52)72(69-53)33-48(77)62-30-47(76)63-31-51(80)82-2/h9-11,24-25,28,32,34,37,45,64H,3-8,12-23,26-27,29-31,33H2,1-2H3,(H4-,61,62,63,66,67,68,75,76,77,81)/p+1. The van der Waals surface area contributed by atoms with Crippen LogP contribution in [0.15, 0.2) is 48.4 Å². The van der Waals surface area contributed by atoms with Crippen molar-refractivity contribution in [2.75, 3.05) is 59.5 Å². The molecule has 3 fully saturated rings. The minimum absolute atomic E-state index is 0.00390. The predicted molar refractivity (Wildman–Crippen MR) is 293 cm³/mol. The second kappa shape index (κ2) is 22.9. The van der Waals surface area contributed by atoms with Crippen LogP contribution in [0.3, 0.4) is 0 Å². The van der Waals surface area contributed by atoms with Crippen molar-refractivity contribution in [3.05, 3.63) is 76.9 Å². The molecule has 1 saturated carbocycles. The van der Waals surface area contributed by atoms with E-state index < -0.39 is 46.8 Å². The van der Waals surface area contributed by atoms with Crippen LogP contribution in [-0.2, 0) is 52.9 Å². The van der Waals surface area contributed by atoms with Crippen LogP contribution in [0, 0.1) is 17.2 Å². The Morgan fingerprint density at radius 3 is 2.39 bits per heavy atom. The minimum Gasteiger partial charge on any atom is -0.468 e. The number of unbranched alkanes of at least 4 members (excludes halogenated alkanes) is 5. The summed E-state index contributed by atoms with van der Waals surface area (Å²) in [6, 6.07) is 8.67. The Kier molecular flexibility index (Phi) is 15.7. The lowest BCUT2D eigenvalue weighted by Crippen LogP contribution is -2.65. The number of carbonyl (C=O) groups is 7. The lowest BCUT2D eigenvalue weighted by Gasteiger charge is -2.39. The van der Waals surface area contributed by atoms with Gasteiger partial charge in [-0.25, -0.2) is 23.4 Å². The van der Waals surface area contributed by atoms with Crippen LogP contribution in [0.5, 0.6) is 0 Å². The number of methoxy groups -OCH3 is 1. The van der Waals surface area contributed by atoms with Gasteiger partial charge in [0.15, 0.2) is 5.69 Å². The number of benzene rings is 2. The summed E-state index contributed by atoms with van der Waals surface area (Å²) in [5.41, 5.74) is 6.99. The van der Waals surface area contributed by atoms with Crippen molar-refractivity contribution in [1.29, 1.82) is 0 Å². The molecule has 0 radical (unpaired) electrons. The molecule has 12 rings (SSSR count). The van der Waals surface area contributed by atoms with E-state index in [1.165, 1.54) is 13.2 Å². The van der Waals surface area contributed by atoms with Crippen LogP contribution in [0.4, 0.5) is 13.2 Å². The number of ether oxygens (including phenoxy) is 1. The van der Waals surface area contributed by atoms with Gasteiger partial charge in [-0.05, 0) is 55.9 Å². The molecule has 2 saturated heterocycles. The Balaban J connectivity index is 0.596. The average molecular weight is 1140 g/mol. The monoisotopic (exact) mass is 1140 g/mol. The molecule has 6 amide bonds. The van der Waals surface area contributed by atoms with E-state index >= 15 is 4.39 Å². The van der Waals surface area contributed by atoms with E-state index in [0.29, 0.717) is 109 Å². The number of aromatic nitrogens is 6. The SMILES string of the molecule is COC(=O)CNC(=O)CNC(=O)Cn1nc2c3c(cccc31)-c1cc3c(cnn3[N+]3(C(=O)CCC(=O)NCCCCCCCCC(=O)N4CCC(N5C=C(NC(=O)c6n[nH]c7c6CC6C(F)(F)C6(C)C7)CN5)CC4)CCC2CC3)cc1F. The molecule has 5 aliphatic heterocycles. The first-order valence-corrected chi connectivity index (χ1v) is 28.7. The fraction of sp³-hybridized carbons (Fsp3) is 0.544. The number of carbonyl (C=O) groups excluding carboxylic acids is 7. The lowest BCUT2D eigenvalue weighted by molar-refractivity contribution is -0.142. The number of hydrogen-bond acceptors (Lipinski definition) is 13. The number of hydrazine groups is 1. The fourth-order valence-electron chi connectivity index (χ4n) is 13.1.